The third-order valence-electron chi connectivity index (χ3n) is 4.24. The SMILES string of the molecule is CCCCNCCN(C)CCNC.CNCCN(C)CCN(C)CCN. The molecule has 0 atom stereocenters. The third kappa shape index (κ3) is 23.7. The van der Waals surface area contributed by atoms with Crippen LogP contribution in [0.1, 0.15) is 19.8 Å². The quantitative estimate of drug-likeness (QED) is 0.257. The summed E-state index contributed by atoms with van der Waals surface area (Å²) < 4.78 is 0. The van der Waals surface area contributed by atoms with Crippen LogP contribution in [0.25, 0.3) is 0 Å². The fourth-order valence-electron chi connectivity index (χ4n) is 2.20. The largest absolute Gasteiger partial charge is 0.329 e. The highest BCUT2D eigenvalue weighted by molar-refractivity contribution is 4.58. The van der Waals surface area contributed by atoms with Gasteiger partial charge in [-0.25, -0.2) is 0 Å². The summed E-state index contributed by atoms with van der Waals surface area (Å²) in [4.78, 5) is 6.93. The normalized spacial score (nSPS) is 11.3. The maximum absolute atomic E-state index is 5.45. The van der Waals surface area contributed by atoms with E-state index in [1.807, 2.05) is 14.1 Å². The van der Waals surface area contributed by atoms with E-state index in [2.05, 4.69) is 58.7 Å². The number of unbranched alkanes of at least 4 members (excludes halogenated alkanes) is 1. The van der Waals surface area contributed by atoms with Crippen LogP contribution in [0, 0.1) is 0 Å². The lowest BCUT2D eigenvalue weighted by Gasteiger charge is -2.21. The van der Waals surface area contributed by atoms with Crippen molar-refractivity contribution in [3.63, 3.8) is 0 Å². The van der Waals surface area contributed by atoms with Crippen molar-refractivity contribution in [2.45, 2.75) is 19.8 Å². The Morgan fingerprint density at radius 1 is 0.654 bits per heavy atom. The Bertz CT molecular complexity index is 254. The fourth-order valence-corrected chi connectivity index (χ4v) is 2.20. The van der Waals surface area contributed by atoms with Gasteiger partial charge in [0, 0.05) is 65.4 Å². The molecule has 0 unspecified atom stereocenters. The van der Waals surface area contributed by atoms with E-state index in [1.54, 1.807) is 0 Å². The molecule has 0 spiro atoms. The summed E-state index contributed by atoms with van der Waals surface area (Å²) in [5, 5.41) is 9.71. The first-order chi connectivity index (χ1) is 12.5. The number of rotatable bonds is 17. The van der Waals surface area contributed by atoms with Crippen molar-refractivity contribution in [2.75, 3.05) is 107 Å². The van der Waals surface area contributed by atoms with Gasteiger partial charge in [0.1, 0.15) is 0 Å². The number of likely N-dealkylation sites (N-methyl/N-ethyl adjacent to an activating group) is 5. The maximum Gasteiger partial charge on any atom is 0.0107 e. The minimum atomic E-state index is 0.747. The Hall–Kier alpha value is -0.280. The highest BCUT2D eigenvalue weighted by Gasteiger charge is 2.00. The smallest absolute Gasteiger partial charge is 0.0107 e. The Balaban J connectivity index is 0. The molecule has 0 fully saturated rings. The van der Waals surface area contributed by atoms with Gasteiger partial charge in [0.2, 0.25) is 0 Å². The summed E-state index contributed by atoms with van der Waals surface area (Å²) in [6, 6.07) is 0. The van der Waals surface area contributed by atoms with E-state index in [0.717, 1.165) is 72.0 Å². The van der Waals surface area contributed by atoms with Gasteiger partial charge >= 0.3 is 0 Å². The summed E-state index contributed by atoms with van der Waals surface area (Å²) in [5.41, 5.74) is 5.45. The van der Waals surface area contributed by atoms with E-state index < -0.39 is 0 Å². The Morgan fingerprint density at radius 2 is 1.12 bits per heavy atom. The average molecular weight is 376 g/mol. The summed E-state index contributed by atoms with van der Waals surface area (Å²) >= 11 is 0. The molecule has 0 aromatic carbocycles. The highest BCUT2D eigenvalue weighted by atomic mass is 15.2. The Labute approximate surface area is 164 Å². The first kappa shape index (κ1) is 27.9. The van der Waals surface area contributed by atoms with Crippen LogP contribution in [-0.4, -0.2) is 122 Å². The van der Waals surface area contributed by atoms with Crippen molar-refractivity contribution in [1.82, 2.24) is 30.7 Å². The predicted molar refractivity (Wildman–Crippen MR) is 117 cm³/mol. The lowest BCUT2D eigenvalue weighted by Crippen LogP contribution is -2.36. The van der Waals surface area contributed by atoms with E-state index in [9.17, 15) is 0 Å². The van der Waals surface area contributed by atoms with Crippen LogP contribution in [0.15, 0.2) is 0 Å². The molecule has 0 saturated carbocycles. The van der Waals surface area contributed by atoms with Gasteiger partial charge in [0.15, 0.2) is 0 Å². The predicted octanol–water partition coefficient (Wildman–Crippen LogP) is -0.445. The summed E-state index contributed by atoms with van der Waals surface area (Å²) in [6.45, 7) is 13.9. The topological polar surface area (TPSA) is 71.8 Å². The molecular formula is C19H49N7. The van der Waals surface area contributed by atoms with Crippen LogP contribution in [0.4, 0.5) is 0 Å². The first-order valence-corrected chi connectivity index (χ1v) is 10.3. The lowest BCUT2D eigenvalue weighted by molar-refractivity contribution is 0.261. The molecule has 0 aromatic rings. The molecule has 0 aromatic heterocycles. The molecule has 0 rings (SSSR count). The number of hydrogen-bond donors (Lipinski definition) is 4. The molecule has 5 N–H and O–H groups in total. The average Bonchev–Trinajstić information content (AvgIpc) is 2.63. The second-order valence-electron chi connectivity index (χ2n) is 7.01. The van der Waals surface area contributed by atoms with Crippen molar-refractivity contribution >= 4 is 0 Å². The molecule has 7 nitrogen and oxygen atoms in total. The number of nitrogens with zero attached hydrogens (tertiary/aromatic N) is 3. The van der Waals surface area contributed by atoms with Gasteiger partial charge in [0.05, 0.1) is 0 Å². The van der Waals surface area contributed by atoms with Crippen LogP contribution in [0.5, 0.6) is 0 Å². The summed E-state index contributed by atoms with van der Waals surface area (Å²) in [7, 11) is 10.4. The van der Waals surface area contributed by atoms with Crippen LogP contribution in [0.3, 0.4) is 0 Å². The fraction of sp³-hybridized carbons (Fsp3) is 1.00. The Kier molecular flexibility index (Phi) is 24.5. The molecule has 26 heavy (non-hydrogen) atoms. The lowest BCUT2D eigenvalue weighted by atomic mass is 10.3. The number of nitrogens with one attached hydrogen (secondary N) is 3. The number of nitrogens with two attached hydrogens (primary N) is 1. The van der Waals surface area contributed by atoms with Gasteiger partial charge in [0.25, 0.3) is 0 Å². The Morgan fingerprint density at radius 3 is 1.58 bits per heavy atom. The molecule has 0 aliphatic heterocycles. The molecule has 0 amide bonds. The zero-order valence-electron chi connectivity index (χ0n) is 18.6. The van der Waals surface area contributed by atoms with E-state index in [0.29, 0.717) is 0 Å². The zero-order chi connectivity index (χ0) is 20.0. The van der Waals surface area contributed by atoms with Gasteiger partial charge < -0.3 is 36.4 Å². The first-order valence-electron chi connectivity index (χ1n) is 10.3. The van der Waals surface area contributed by atoms with Crippen molar-refractivity contribution in [2.24, 2.45) is 5.73 Å². The summed E-state index contributed by atoms with van der Waals surface area (Å²) in [5.74, 6) is 0. The second kappa shape index (κ2) is 22.8. The van der Waals surface area contributed by atoms with E-state index in [4.69, 9.17) is 5.73 Å². The van der Waals surface area contributed by atoms with E-state index in [-0.39, 0.29) is 0 Å². The monoisotopic (exact) mass is 375 g/mol. The minimum absolute atomic E-state index is 0.747. The molecule has 0 bridgehead atoms. The molecule has 0 saturated heterocycles. The van der Waals surface area contributed by atoms with Crippen molar-refractivity contribution in [1.29, 1.82) is 0 Å². The van der Waals surface area contributed by atoms with Gasteiger partial charge in [-0.2, -0.15) is 0 Å². The van der Waals surface area contributed by atoms with Crippen LogP contribution < -0.4 is 21.7 Å². The highest BCUT2D eigenvalue weighted by Crippen LogP contribution is 1.85. The molecular weight excluding hydrogens is 326 g/mol. The van der Waals surface area contributed by atoms with Gasteiger partial charge in [-0.1, -0.05) is 13.3 Å². The molecule has 0 aliphatic rings. The molecule has 0 heterocycles. The van der Waals surface area contributed by atoms with Crippen molar-refractivity contribution in [3.05, 3.63) is 0 Å². The third-order valence-corrected chi connectivity index (χ3v) is 4.24. The molecule has 7 heteroatoms. The van der Waals surface area contributed by atoms with E-state index in [1.165, 1.54) is 12.8 Å². The molecule has 0 radical (unpaired) electrons. The van der Waals surface area contributed by atoms with Gasteiger partial charge in [-0.15, -0.1) is 0 Å². The summed E-state index contributed by atoms with van der Waals surface area (Å²) in [6.07, 6.45) is 2.57. The van der Waals surface area contributed by atoms with E-state index >= 15 is 0 Å². The maximum atomic E-state index is 5.45. The van der Waals surface area contributed by atoms with Crippen molar-refractivity contribution < 1.29 is 0 Å². The second-order valence-corrected chi connectivity index (χ2v) is 7.01. The van der Waals surface area contributed by atoms with Crippen molar-refractivity contribution in [3.8, 4) is 0 Å². The standard InChI is InChI=1S/C10H25N3.C9H24N4/c1-4-5-6-12-8-10-13(3)9-7-11-2;1-11-5-7-13(3)9-8-12(2)6-4-10/h11-12H,4-10H2,1-3H3;11H,4-10H2,1-3H3. The van der Waals surface area contributed by atoms with Crippen LogP contribution in [-0.2, 0) is 0 Å². The van der Waals surface area contributed by atoms with Crippen LogP contribution in [0.2, 0.25) is 0 Å². The number of hydrogen-bond acceptors (Lipinski definition) is 7. The van der Waals surface area contributed by atoms with Gasteiger partial charge in [-0.05, 0) is 48.2 Å². The van der Waals surface area contributed by atoms with Gasteiger partial charge in [-0.3, -0.25) is 0 Å². The minimum Gasteiger partial charge on any atom is -0.329 e. The molecule has 160 valence electrons. The molecule has 0 aliphatic carbocycles. The van der Waals surface area contributed by atoms with Crippen LogP contribution >= 0.6 is 0 Å². The zero-order valence-corrected chi connectivity index (χ0v) is 18.6.